The highest BCUT2D eigenvalue weighted by Crippen LogP contribution is 2.30. The molecule has 1 aliphatic heterocycles. The fourth-order valence-corrected chi connectivity index (χ4v) is 7.73. The summed E-state index contributed by atoms with van der Waals surface area (Å²) in [6, 6.07) is 6.84. The number of hydrogen-bond acceptors (Lipinski definition) is 8. The summed E-state index contributed by atoms with van der Waals surface area (Å²) in [5, 5.41) is 5.90. The van der Waals surface area contributed by atoms with Gasteiger partial charge in [0.1, 0.15) is 12.3 Å². The molecule has 0 aliphatic carbocycles. The molecule has 2 rings (SSSR count). The second kappa shape index (κ2) is 21.4. The molecule has 1 aliphatic rings. The summed E-state index contributed by atoms with van der Waals surface area (Å²) in [5.41, 5.74) is 0.938. The molecule has 0 spiro atoms. The maximum absolute atomic E-state index is 14.2. The predicted molar refractivity (Wildman–Crippen MR) is 203 cm³/mol. The summed E-state index contributed by atoms with van der Waals surface area (Å²) in [5.74, 6) is -1.68. The molecule has 2 N–H and O–H groups in total. The number of hydrogen-bond donors (Lipinski definition) is 2. The van der Waals surface area contributed by atoms with Crippen LogP contribution in [0, 0.1) is 23.7 Å². The van der Waals surface area contributed by atoms with Gasteiger partial charge in [-0.1, -0.05) is 85.2 Å². The number of benzene rings is 1. The van der Waals surface area contributed by atoms with Crippen LogP contribution >= 0.6 is 0 Å². The van der Waals surface area contributed by atoms with E-state index in [2.05, 4.69) is 10.6 Å². The second-order valence-corrected chi connectivity index (χ2v) is 15.4. The minimum Gasteiger partial charge on any atom is -0.379 e. The van der Waals surface area contributed by atoms with E-state index in [0.29, 0.717) is 19.4 Å². The Labute approximate surface area is 312 Å². The molecule has 1 fully saturated rings. The standard InChI is InChI=1S/C40H67N5O7/c1-13-27(6)36(44(10)40(50)34(25(2)3)42-39(49)35(26(4)5)43(8)9)32(51-11)23-33(47)45-21-17-20-31(45)37(52-12)28(7)38(48)41-30(24-46)22-29-18-15-14-16-19-29/h14-16,18-19,24-28,30-32,34-37H,13,17,20-23H2,1-12H3,(H,41,48)(H,42,49)/t27-,28+,30?,31-,32+,34-,35-,36-,37+/m0/s1. The molecule has 9 atom stereocenters. The lowest BCUT2D eigenvalue weighted by Crippen LogP contribution is -2.59. The summed E-state index contributed by atoms with van der Waals surface area (Å²) < 4.78 is 11.9. The topological polar surface area (TPSA) is 138 Å². The van der Waals surface area contributed by atoms with Crippen molar-refractivity contribution >= 4 is 29.9 Å². The first-order chi connectivity index (χ1) is 24.5. The molecule has 0 bridgehead atoms. The van der Waals surface area contributed by atoms with Crippen LogP contribution in [0.25, 0.3) is 0 Å². The number of nitrogens with zero attached hydrogens (tertiary/aromatic N) is 3. The van der Waals surface area contributed by atoms with E-state index in [-0.39, 0.29) is 53.8 Å². The molecule has 1 aromatic carbocycles. The Balaban J connectivity index is 2.25. The van der Waals surface area contributed by atoms with E-state index in [9.17, 15) is 24.0 Å². The first-order valence-electron chi connectivity index (χ1n) is 18.9. The fraction of sp³-hybridized carbons (Fsp3) is 0.725. The van der Waals surface area contributed by atoms with Crippen molar-refractivity contribution in [2.75, 3.05) is 41.9 Å². The van der Waals surface area contributed by atoms with E-state index in [1.165, 1.54) is 0 Å². The molecule has 294 valence electrons. The maximum Gasteiger partial charge on any atom is 0.245 e. The van der Waals surface area contributed by atoms with Gasteiger partial charge in [-0.3, -0.25) is 24.1 Å². The van der Waals surface area contributed by atoms with Gasteiger partial charge in [-0.05, 0) is 56.7 Å². The monoisotopic (exact) mass is 730 g/mol. The van der Waals surface area contributed by atoms with Crippen molar-refractivity contribution in [1.29, 1.82) is 0 Å². The Hall–Kier alpha value is -3.35. The van der Waals surface area contributed by atoms with Crippen LogP contribution in [0.2, 0.25) is 0 Å². The van der Waals surface area contributed by atoms with Gasteiger partial charge in [-0.15, -0.1) is 0 Å². The number of likely N-dealkylation sites (N-methyl/N-ethyl adjacent to an activating group) is 2. The Kier molecular flexibility index (Phi) is 18.4. The van der Waals surface area contributed by atoms with E-state index in [1.807, 2.05) is 90.9 Å². The van der Waals surface area contributed by atoms with Crippen LogP contribution in [-0.4, -0.2) is 129 Å². The number of carbonyl (C=O) groups excluding carboxylic acids is 5. The number of rotatable bonds is 21. The van der Waals surface area contributed by atoms with Gasteiger partial charge < -0.3 is 34.7 Å². The molecular weight excluding hydrogens is 662 g/mol. The third kappa shape index (κ3) is 11.8. The normalized spacial score (nSPS) is 19.4. The van der Waals surface area contributed by atoms with Crippen molar-refractivity contribution in [2.45, 2.75) is 123 Å². The Morgan fingerprint density at radius 2 is 1.56 bits per heavy atom. The Morgan fingerprint density at radius 1 is 0.923 bits per heavy atom. The Bertz CT molecular complexity index is 1280. The van der Waals surface area contributed by atoms with Gasteiger partial charge in [0.25, 0.3) is 0 Å². The molecule has 52 heavy (non-hydrogen) atoms. The van der Waals surface area contributed by atoms with Crippen LogP contribution in [0.15, 0.2) is 30.3 Å². The summed E-state index contributed by atoms with van der Waals surface area (Å²) in [4.78, 5) is 72.4. The quantitative estimate of drug-likeness (QED) is 0.184. The average molecular weight is 730 g/mol. The molecule has 1 saturated heterocycles. The zero-order valence-corrected chi connectivity index (χ0v) is 33.8. The lowest BCUT2D eigenvalue weighted by Gasteiger charge is -2.41. The van der Waals surface area contributed by atoms with Crippen LogP contribution < -0.4 is 10.6 Å². The highest BCUT2D eigenvalue weighted by Gasteiger charge is 2.43. The predicted octanol–water partition coefficient (Wildman–Crippen LogP) is 3.56. The van der Waals surface area contributed by atoms with Crippen molar-refractivity contribution in [3.05, 3.63) is 35.9 Å². The van der Waals surface area contributed by atoms with E-state index in [0.717, 1.165) is 24.7 Å². The van der Waals surface area contributed by atoms with E-state index in [4.69, 9.17) is 9.47 Å². The van der Waals surface area contributed by atoms with Gasteiger partial charge in [0.05, 0.1) is 48.7 Å². The number of aldehydes is 1. The number of amides is 4. The highest BCUT2D eigenvalue weighted by molar-refractivity contribution is 5.90. The van der Waals surface area contributed by atoms with Crippen LogP contribution in [0.4, 0.5) is 0 Å². The molecule has 1 unspecified atom stereocenters. The van der Waals surface area contributed by atoms with E-state index < -0.39 is 42.3 Å². The van der Waals surface area contributed by atoms with Crippen LogP contribution in [0.1, 0.15) is 79.7 Å². The number of methoxy groups -OCH3 is 2. The van der Waals surface area contributed by atoms with Crippen LogP contribution in [-0.2, 0) is 39.9 Å². The zero-order chi connectivity index (χ0) is 39.3. The van der Waals surface area contributed by atoms with Crippen molar-refractivity contribution in [3.8, 4) is 0 Å². The average Bonchev–Trinajstić information content (AvgIpc) is 3.59. The van der Waals surface area contributed by atoms with Gasteiger partial charge >= 0.3 is 0 Å². The summed E-state index contributed by atoms with van der Waals surface area (Å²) in [6.45, 7) is 14.1. The first kappa shape index (κ1) is 44.8. The number of nitrogens with one attached hydrogen (secondary N) is 2. The largest absolute Gasteiger partial charge is 0.379 e. The highest BCUT2D eigenvalue weighted by atomic mass is 16.5. The second-order valence-electron chi connectivity index (χ2n) is 15.4. The number of ether oxygens (including phenoxy) is 2. The zero-order valence-electron chi connectivity index (χ0n) is 33.8. The van der Waals surface area contributed by atoms with Crippen molar-refractivity contribution in [1.82, 2.24) is 25.3 Å². The van der Waals surface area contributed by atoms with Gasteiger partial charge in [0, 0.05) is 27.8 Å². The molecule has 0 aromatic heterocycles. The molecule has 1 aromatic rings. The lowest BCUT2D eigenvalue weighted by molar-refractivity contribution is -0.148. The van der Waals surface area contributed by atoms with Gasteiger partial charge in [0.15, 0.2) is 0 Å². The number of carbonyl (C=O) groups is 5. The van der Waals surface area contributed by atoms with Gasteiger partial charge in [-0.25, -0.2) is 0 Å². The molecule has 12 nitrogen and oxygen atoms in total. The summed E-state index contributed by atoms with van der Waals surface area (Å²) in [7, 11) is 8.54. The minimum atomic E-state index is -0.761. The van der Waals surface area contributed by atoms with Crippen LogP contribution in [0.3, 0.4) is 0 Å². The smallest absolute Gasteiger partial charge is 0.245 e. The third-order valence-corrected chi connectivity index (χ3v) is 10.7. The maximum atomic E-state index is 14.2. The van der Waals surface area contributed by atoms with Crippen LogP contribution in [0.5, 0.6) is 0 Å². The van der Waals surface area contributed by atoms with Crippen molar-refractivity contribution in [2.24, 2.45) is 23.7 Å². The lowest BCUT2D eigenvalue weighted by atomic mass is 9.89. The molecule has 0 radical (unpaired) electrons. The van der Waals surface area contributed by atoms with Gasteiger partial charge in [-0.2, -0.15) is 0 Å². The molecular formula is C40H67N5O7. The molecule has 0 saturated carbocycles. The van der Waals surface area contributed by atoms with Crippen molar-refractivity contribution in [3.63, 3.8) is 0 Å². The molecule has 1 heterocycles. The summed E-state index contributed by atoms with van der Waals surface area (Å²) in [6.07, 6.45) is 2.07. The third-order valence-electron chi connectivity index (χ3n) is 10.7. The fourth-order valence-electron chi connectivity index (χ4n) is 7.73. The minimum absolute atomic E-state index is 0.0214. The van der Waals surface area contributed by atoms with Crippen molar-refractivity contribution < 1.29 is 33.4 Å². The molecule has 4 amide bonds. The van der Waals surface area contributed by atoms with Gasteiger partial charge in [0.2, 0.25) is 23.6 Å². The summed E-state index contributed by atoms with van der Waals surface area (Å²) >= 11 is 0. The van der Waals surface area contributed by atoms with E-state index >= 15 is 0 Å². The Morgan fingerprint density at radius 3 is 2.06 bits per heavy atom. The van der Waals surface area contributed by atoms with E-state index in [1.54, 1.807) is 38.0 Å². The first-order valence-corrected chi connectivity index (χ1v) is 18.9. The SMILES string of the molecule is CC[C@H](C)[C@@H]([C@@H](CC(=O)N1CCC[C@H]1[C@H](OC)[C@@H](C)C(=O)NC(C=O)Cc1ccccc1)OC)N(C)C(=O)[C@@H](NC(=O)[C@H](C(C)C)N(C)C)C(C)C. The molecule has 12 heteroatoms. The number of likely N-dealkylation sites (tertiary alicyclic amines) is 1.